The van der Waals surface area contributed by atoms with Gasteiger partial charge in [-0.15, -0.1) is 0 Å². The predicted molar refractivity (Wildman–Crippen MR) is 132 cm³/mol. The third kappa shape index (κ3) is 4.45. The number of hydrogen-bond donors (Lipinski definition) is 0. The van der Waals surface area contributed by atoms with Crippen molar-refractivity contribution in [3.63, 3.8) is 0 Å². The van der Waals surface area contributed by atoms with Gasteiger partial charge in [0.1, 0.15) is 27.6 Å². The van der Waals surface area contributed by atoms with Gasteiger partial charge in [0.05, 0.1) is 11.4 Å². The van der Waals surface area contributed by atoms with Crippen molar-refractivity contribution in [2.45, 2.75) is 32.7 Å². The zero-order chi connectivity index (χ0) is 23.7. The first kappa shape index (κ1) is 23.2. The van der Waals surface area contributed by atoms with Crippen molar-refractivity contribution in [1.82, 2.24) is 9.47 Å². The van der Waals surface area contributed by atoms with Gasteiger partial charge in [0.25, 0.3) is 11.5 Å². The molecule has 1 aromatic heterocycles. The molecule has 4 rings (SSSR count). The van der Waals surface area contributed by atoms with Gasteiger partial charge in [-0.25, -0.2) is 4.39 Å². The molecule has 170 valence electrons. The molecule has 0 N–H and O–H groups in total. The van der Waals surface area contributed by atoms with Crippen LogP contribution in [-0.4, -0.2) is 32.8 Å². The summed E-state index contributed by atoms with van der Waals surface area (Å²) in [7, 11) is 1.67. The number of benzene rings is 1. The summed E-state index contributed by atoms with van der Waals surface area (Å²) in [6.07, 6.45) is 4.93. The number of thioether (sulfide) groups is 1. The average Bonchev–Trinajstić information content (AvgIpc) is 3.07. The zero-order valence-corrected chi connectivity index (χ0v) is 20.1. The summed E-state index contributed by atoms with van der Waals surface area (Å²) in [4.78, 5) is 30.1. The van der Waals surface area contributed by atoms with Crippen LogP contribution in [0.5, 0.6) is 0 Å². The molecule has 1 amide bonds. The number of carbonyl (C=O) groups excluding carboxylic acids is 1. The van der Waals surface area contributed by atoms with Gasteiger partial charge in [0.15, 0.2) is 0 Å². The number of aromatic nitrogens is 1. The van der Waals surface area contributed by atoms with E-state index < -0.39 is 0 Å². The lowest BCUT2D eigenvalue weighted by Gasteiger charge is -2.32. The Kier molecular flexibility index (Phi) is 6.68. The first-order chi connectivity index (χ1) is 15.8. The SMILES string of the molecule is Cc1c(C=C2SC(=S)N(Cc3ccc(F)cc3)C2=O)c(N2CCCCC2)n(C)c(=O)c1C#N. The van der Waals surface area contributed by atoms with Gasteiger partial charge >= 0.3 is 0 Å². The molecule has 2 aliphatic heterocycles. The minimum Gasteiger partial charge on any atom is -0.357 e. The van der Waals surface area contributed by atoms with E-state index >= 15 is 0 Å². The summed E-state index contributed by atoms with van der Waals surface area (Å²) in [5.41, 5.74) is 1.76. The number of carbonyl (C=O) groups is 1. The van der Waals surface area contributed by atoms with Crippen LogP contribution < -0.4 is 10.5 Å². The summed E-state index contributed by atoms with van der Waals surface area (Å²) >= 11 is 6.65. The predicted octanol–water partition coefficient (Wildman–Crippen LogP) is 4.10. The number of rotatable bonds is 4. The molecule has 6 nitrogen and oxygen atoms in total. The number of anilines is 1. The van der Waals surface area contributed by atoms with Crippen LogP contribution >= 0.6 is 24.0 Å². The molecule has 2 aromatic rings. The molecule has 0 radical (unpaired) electrons. The minimum absolute atomic E-state index is 0.0753. The van der Waals surface area contributed by atoms with Crippen LogP contribution in [0.2, 0.25) is 0 Å². The molecule has 1 aromatic carbocycles. The molecule has 9 heteroatoms. The molecular weight excluding hydrogens is 459 g/mol. The Morgan fingerprint density at radius 1 is 1.18 bits per heavy atom. The summed E-state index contributed by atoms with van der Waals surface area (Å²) in [5.74, 6) is 0.137. The molecule has 2 fully saturated rings. The summed E-state index contributed by atoms with van der Waals surface area (Å²) in [5, 5.41) is 9.60. The van der Waals surface area contributed by atoms with Gasteiger partial charge in [-0.3, -0.25) is 19.1 Å². The average molecular weight is 483 g/mol. The molecule has 2 saturated heterocycles. The Hall–Kier alpha value is -2.96. The second kappa shape index (κ2) is 9.49. The van der Waals surface area contributed by atoms with Gasteiger partial charge in [-0.1, -0.05) is 36.1 Å². The number of nitriles is 1. The van der Waals surface area contributed by atoms with E-state index in [1.54, 1.807) is 32.2 Å². The highest BCUT2D eigenvalue weighted by Crippen LogP contribution is 2.36. The number of nitrogens with zero attached hydrogens (tertiary/aromatic N) is 4. The highest BCUT2D eigenvalue weighted by Gasteiger charge is 2.33. The third-order valence-corrected chi connectivity index (χ3v) is 7.40. The highest BCUT2D eigenvalue weighted by atomic mass is 32.2. The Balaban J connectivity index is 1.76. The largest absolute Gasteiger partial charge is 0.357 e. The van der Waals surface area contributed by atoms with Gasteiger partial charge in [0, 0.05) is 25.7 Å². The summed E-state index contributed by atoms with van der Waals surface area (Å²) < 4.78 is 15.2. The van der Waals surface area contributed by atoms with Gasteiger partial charge in [-0.2, -0.15) is 5.26 Å². The Morgan fingerprint density at radius 3 is 2.48 bits per heavy atom. The highest BCUT2D eigenvalue weighted by molar-refractivity contribution is 8.26. The second-order valence-corrected chi connectivity index (χ2v) is 9.83. The smallest absolute Gasteiger partial charge is 0.270 e. The van der Waals surface area contributed by atoms with Crippen LogP contribution in [0.15, 0.2) is 34.0 Å². The summed E-state index contributed by atoms with van der Waals surface area (Å²) in [6, 6.07) is 7.99. The van der Waals surface area contributed by atoms with E-state index in [0.29, 0.717) is 20.4 Å². The number of hydrogen-bond acceptors (Lipinski definition) is 6. The fourth-order valence-electron chi connectivity index (χ4n) is 4.24. The molecule has 33 heavy (non-hydrogen) atoms. The lowest BCUT2D eigenvalue weighted by Crippen LogP contribution is -2.36. The Morgan fingerprint density at radius 2 is 1.85 bits per heavy atom. The van der Waals surface area contributed by atoms with E-state index in [4.69, 9.17) is 12.2 Å². The molecule has 2 aliphatic rings. The van der Waals surface area contributed by atoms with Crippen molar-refractivity contribution in [3.05, 3.63) is 67.6 Å². The van der Waals surface area contributed by atoms with Crippen molar-refractivity contribution >= 4 is 46.1 Å². The van der Waals surface area contributed by atoms with E-state index in [1.165, 1.54) is 33.4 Å². The molecule has 0 spiro atoms. The van der Waals surface area contributed by atoms with Gasteiger partial charge in [0.2, 0.25) is 0 Å². The van der Waals surface area contributed by atoms with Crippen molar-refractivity contribution in [1.29, 1.82) is 5.26 Å². The number of amides is 1. The standard InChI is InChI=1S/C24H23FN4O2S2/c1-15-18(21(28-10-4-3-5-11-28)27(2)22(30)19(15)13-26)12-20-23(31)29(24(32)33-20)14-16-6-8-17(25)9-7-16/h6-9,12H,3-5,10-11,14H2,1-2H3. The lowest BCUT2D eigenvalue weighted by atomic mass is 10.0. The number of halogens is 1. The zero-order valence-electron chi connectivity index (χ0n) is 18.4. The molecule has 0 saturated carbocycles. The van der Waals surface area contributed by atoms with E-state index in [0.717, 1.165) is 43.7 Å². The molecule has 3 heterocycles. The molecule has 0 atom stereocenters. The van der Waals surface area contributed by atoms with Crippen LogP contribution in [0.4, 0.5) is 10.2 Å². The van der Waals surface area contributed by atoms with Crippen molar-refractivity contribution in [3.8, 4) is 6.07 Å². The molecule has 0 unspecified atom stereocenters. The minimum atomic E-state index is -0.340. The Bertz CT molecular complexity index is 1260. The van der Waals surface area contributed by atoms with E-state index in [1.807, 2.05) is 6.07 Å². The van der Waals surface area contributed by atoms with Crippen molar-refractivity contribution in [2.24, 2.45) is 7.05 Å². The van der Waals surface area contributed by atoms with E-state index in [2.05, 4.69) is 4.90 Å². The topological polar surface area (TPSA) is 69.3 Å². The molecular formula is C24H23FN4O2S2. The van der Waals surface area contributed by atoms with Crippen molar-refractivity contribution < 1.29 is 9.18 Å². The van der Waals surface area contributed by atoms with E-state index in [9.17, 15) is 19.2 Å². The number of pyridine rings is 1. The third-order valence-electron chi connectivity index (χ3n) is 6.03. The second-order valence-electron chi connectivity index (χ2n) is 8.16. The maximum atomic E-state index is 13.2. The van der Waals surface area contributed by atoms with Gasteiger partial charge in [-0.05, 0) is 55.5 Å². The van der Waals surface area contributed by atoms with Crippen LogP contribution in [0.3, 0.4) is 0 Å². The monoisotopic (exact) mass is 482 g/mol. The maximum Gasteiger partial charge on any atom is 0.270 e. The fraction of sp³-hybridized carbons (Fsp3) is 0.333. The van der Waals surface area contributed by atoms with Crippen molar-refractivity contribution in [2.75, 3.05) is 18.0 Å². The first-order valence-electron chi connectivity index (χ1n) is 10.7. The fourth-order valence-corrected chi connectivity index (χ4v) is 5.48. The molecule has 0 bridgehead atoms. The van der Waals surface area contributed by atoms with Crippen LogP contribution in [0.25, 0.3) is 6.08 Å². The number of piperidine rings is 1. The summed E-state index contributed by atoms with van der Waals surface area (Å²) in [6.45, 7) is 3.62. The normalized spacial score (nSPS) is 17.7. The van der Waals surface area contributed by atoms with E-state index in [-0.39, 0.29) is 29.4 Å². The maximum absolute atomic E-state index is 13.2. The Labute approximate surface area is 201 Å². The van der Waals surface area contributed by atoms with Gasteiger partial charge < -0.3 is 4.90 Å². The van der Waals surface area contributed by atoms with Crippen LogP contribution in [0.1, 0.15) is 41.5 Å². The quantitative estimate of drug-likeness (QED) is 0.483. The molecule has 0 aliphatic carbocycles. The number of thiocarbonyl (C=S) groups is 1. The lowest BCUT2D eigenvalue weighted by molar-refractivity contribution is -0.122. The first-order valence-corrected chi connectivity index (χ1v) is 11.9. The van der Waals surface area contributed by atoms with Crippen LogP contribution in [0, 0.1) is 24.1 Å². The van der Waals surface area contributed by atoms with Crippen LogP contribution in [-0.2, 0) is 18.4 Å².